The first kappa shape index (κ1) is 20.5. The minimum absolute atomic E-state index is 0.0384. The Kier molecular flexibility index (Phi) is 5.28. The van der Waals surface area contributed by atoms with Gasteiger partial charge >= 0.3 is 0 Å². The number of sulfonamides is 1. The van der Waals surface area contributed by atoms with Crippen molar-refractivity contribution in [2.45, 2.75) is 22.6 Å². The Morgan fingerprint density at radius 1 is 0.839 bits per heavy atom. The van der Waals surface area contributed by atoms with Crippen molar-refractivity contribution in [1.82, 2.24) is 9.21 Å². The summed E-state index contributed by atoms with van der Waals surface area (Å²) in [6, 6.07) is 22.4. The molecule has 0 atom stereocenters. The Morgan fingerprint density at radius 2 is 1.52 bits per heavy atom. The number of hydrogen-bond donors (Lipinski definition) is 0. The number of hydrogen-bond acceptors (Lipinski definition) is 4. The molecule has 2 aliphatic rings. The molecular formula is C24H24N2O3S2. The third-order valence-electron chi connectivity index (χ3n) is 6.31. The molecule has 0 saturated carbocycles. The molecule has 0 radical (unpaired) electrons. The summed E-state index contributed by atoms with van der Waals surface area (Å²) in [4.78, 5) is 15.1. The summed E-state index contributed by atoms with van der Waals surface area (Å²) in [5.74, 6) is 0.923. The number of fused-ring (bicyclic) bond motifs is 1. The van der Waals surface area contributed by atoms with Crippen LogP contribution in [-0.4, -0.2) is 53.8 Å². The molecule has 3 aromatic rings. The minimum atomic E-state index is -3.57. The van der Waals surface area contributed by atoms with Gasteiger partial charge in [-0.05, 0) is 47.9 Å². The van der Waals surface area contributed by atoms with Crippen LogP contribution in [0.1, 0.15) is 23.2 Å². The second-order valence-electron chi connectivity index (χ2n) is 8.03. The molecule has 7 heteroatoms. The molecule has 0 aromatic heterocycles. The number of amides is 1. The van der Waals surface area contributed by atoms with Crippen LogP contribution in [0.15, 0.2) is 77.7 Å². The summed E-state index contributed by atoms with van der Waals surface area (Å²) in [5.41, 5.74) is 0.690. The smallest absolute Gasteiger partial charge is 0.254 e. The summed E-state index contributed by atoms with van der Waals surface area (Å²) in [6.45, 7) is 1.54. The standard InChI is InChI=1S/C24H24N2O3S2/c27-23(20-7-2-1-3-8-20)26-16-17-30-24(26)12-14-25(15-13-24)31(28,29)22-11-10-19-6-4-5-9-21(19)18-22/h1-11,18H,12-17H2. The van der Waals surface area contributed by atoms with Crippen LogP contribution < -0.4 is 0 Å². The van der Waals surface area contributed by atoms with Crippen LogP contribution in [0.2, 0.25) is 0 Å². The van der Waals surface area contributed by atoms with Gasteiger partial charge in [-0.2, -0.15) is 4.31 Å². The number of benzene rings is 3. The van der Waals surface area contributed by atoms with E-state index in [2.05, 4.69) is 0 Å². The zero-order valence-corrected chi connectivity index (χ0v) is 18.7. The van der Waals surface area contributed by atoms with Gasteiger partial charge in [0.05, 0.1) is 9.77 Å². The van der Waals surface area contributed by atoms with Crippen LogP contribution in [0.3, 0.4) is 0 Å². The lowest BCUT2D eigenvalue weighted by Crippen LogP contribution is -2.53. The van der Waals surface area contributed by atoms with Crippen molar-refractivity contribution in [1.29, 1.82) is 0 Å². The van der Waals surface area contributed by atoms with E-state index < -0.39 is 10.0 Å². The second kappa shape index (κ2) is 7.97. The van der Waals surface area contributed by atoms with E-state index in [1.165, 1.54) is 0 Å². The number of carbonyl (C=O) groups is 1. The molecule has 2 saturated heterocycles. The first-order valence-corrected chi connectivity index (χ1v) is 12.9. The van der Waals surface area contributed by atoms with Gasteiger partial charge in [-0.3, -0.25) is 4.79 Å². The molecule has 5 nitrogen and oxygen atoms in total. The zero-order valence-electron chi connectivity index (χ0n) is 17.1. The molecule has 1 spiro atoms. The molecule has 160 valence electrons. The highest BCUT2D eigenvalue weighted by Gasteiger charge is 2.48. The molecule has 2 fully saturated rings. The molecule has 31 heavy (non-hydrogen) atoms. The van der Waals surface area contributed by atoms with E-state index in [0.29, 0.717) is 42.9 Å². The van der Waals surface area contributed by atoms with Gasteiger partial charge in [0.25, 0.3) is 5.91 Å². The fourth-order valence-electron chi connectivity index (χ4n) is 4.60. The first-order valence-electron chi connectivity index (χ1n) is 10.5. The third-order valence-corrected chi connectivity index (χ3v) is 9.75. The predicted molar refractivity (Wildman–Crippen MR) is 125 cm³/mol. The SMILES string of the molecule is O=C(c1ccccc1)N1CCSC12CCN(S(=O)(=O)c1ccc3ccccc3c1)CC2. The van der Waals surface area contributed by atoms with E-state index in [1.54, 1.807) is 28.2 Å². The Labute approximate surface area is 187 Å². The van der Waals surface area contributed by atoms with Crippen LogP contribution in [0.4, 0.5) is 0 Å². The van der Waals surface area contributed by atoms with Crippen molar-refractivity contribution in [2.24, 2.45) is 0 Å². The number of piperidine rings is 1. The third kappa shape index (κ3) is 3.64. The molecule has 5 rings (SSSR count). The Balaban J connectivity index is 1.35. The zero-order chi connectivity index (χ0) is 21.5. The molecular weight excluding hydrogens is 428 g/mol. The highest BCUT2D eigenvalue weighted by atomic mass is 32.2. The van der Waals surface area contributed by atoms with Gasteiger partial charge in [0.1, 0.15) is 0 Å². The summed E-state index contributed by atoms with van der Waals surface area (Å²) < 4.78 is 28.2. The summed E-state index contributed by atoms with van der Waals surface area (Å²) in [5, 5.41) is 1.94. The lowest BCUT2D eigenvalue weighted by atomic mass is 10.0. The van der Waals surface area contributed by atoms with Gasteiger partial charge in [0.2, 0.25) is 10.0 Å². The fourth-order valence-corrected chi connectivity index (χ4v) is 7.53. The summed E-state index contributed by atoms with van der Waals surface area (Å²) >= 11 is 1.79. The quantitative estimate of drug-likeness (QED) is 0.597. The van der Waals surface area contributed by atoms with Crippen molar-refractivity contribution >= 4 is 38.5 Å². The van der Waals surface area contributed by atoms with Crippen LogP contribution in [-0.2, 0) is 10.0 Å². The molecule has 0 N–H and O–H groups in total. The second-order valence-corrected chi connectivity index (χ2v) is 11.4. The number of thioether (sulfide) groups is 1. The van der Waals surface area contributed by atoms with Crippen molar-refractivity contribution in [3.8, 4) is 0 Å². The Hall–Kier alpha value is -2.35. The predicted octanol–water partition coefficient (Wildman–Crippen LogP) is 4.21. The Bertz CT molecular complexity index is 1220. The van der Waals surface area contributed by atoms with Crippen LogP contribution in [0, 0.1) is 0 Å². The average molecular weight is 453 g/mol. The van der Waals surface area contributed by atoms with E-state index in [4.69, 9.17) is 0 Å². The fraction of sp³-hybridized carbons (Fsp3) is 0.292. The lowest BCUT2D eigenvalue weighted by Gasteiger charge is -2.43. The van der Waals surface area contributed by atoms with Crippen LogP contribution >= 0.6 is 11.8 Å². The van der Waals surface area contributed by atoms with Gasteiger partial charge in [-0.1, -0.05) is 48.5 Å². The van der Waals surface area contributed by atoms with Gasteiger partial charge in [0.15, 0.2) is 0 Å². The van der Waals surface area contributed by atoms with E-state index in [1.807, 2.05) is 65.6 Å². The molecule has 2 heterocycles. The highest BCUT2D eigenvalue weighted by molar-refractivity contribution is 8.00. The minimum Gasteiger partial charge on any atom is -0.323 e. The van der Waals surface area contributed by atoms with Gasteiger partial charge in [-0.25, -0.2) is 8.42 Å². The average Bonchev–Trinajstić information content (AvgIpc) is 3.21. The van der Waals surface area contributed by atoms with Crippen molar-refractivity contribution in [2.75, 3.05) is 25.4 Å². The van der Waals surface area contributed by atoms with Crippen LogP contribution in [0.25, 0.3) is 10.8 Å². The topological polar surface area (TPSA) is 57.7 Å². The molecule has 2 aliphatic heterocycles. The van der Waals surface area contributed by atoms with E-state index >= 15 is 0 Å². The maximum absolute atomic E-state index is 13.3. The van der Waals surface area contributed by atoms with Gasteiger partial charge < -0.3 is 4.90 Å². The molecule has 1 amide bonds. The van der Waals surface area contributed by atoms with Crippen molar-refractivity contribution in [3.63, 3.8) is 0 Å². The summed E-state index contributed by atoms with van der Waals surface area (Å²) in [7, 11) is -3.57. The van der Waals surface area contributed by atoms with Crippen molar-refractivity contribution in [3.05, 3.63) is 78.4 Å². The van der Waals surface area contributed by atoms with Gasteiger partial charge in [-0.15, -0.1) is 11.8 Å². The van der Waals surface area contributed by atoms with E-state index in [9.17, 15) is 13.2 Å². The maximum Gasteiger partial charge on any atom is 0.254 e. The largest absolute Gasteiger partial charge is 0.323 e. The molecule has 0 bridgehead atoms. The number of rotatable bonds is 3. The molecule has 3 aromatic carbocycles. The number of nitrogens with zero attached hydrogens (tertiary/aromatic N) is 2. The number of carbonyl (C=O) groups excluding carboxylic acids is 1. The van der Waals surface area contributed by atoms with Gasteiger partial charge in [0, 0.05) is 31.0 Å². The summed E-state index contributed by atoms with van der Waals surface area (Å²) in [6.07, 6.45) is 1.28. The van der Waals surface area contributed by atoms with Crippen LogP contribution in [0.5, 0.6) is 0 Å². The van der Waals surface area contributed by atoms with E-state index in [-0.39, 0.29) is 10.8 Å². The highest BCUT2D eigenvalue weighted by Crippen LogP contribution is 2.45. The Morgan fingerprint density at radius 3 is 2.26 bits per heavy atom. The molecule has 0 unspecified atom stereocenters. The maximum atomic E-state index is 13.3. The monoisotopic (exact) mass is 452 g/mol. The lowest BCUT2D eigenvalue weighted by molar-refractivity contribution is 0.0605. The first-order chi connectivity index (χ1) is 15.0. The van der Waals surface area contributed by atoms with E-state index in [0.717, 1.165) is 16.5 Å². The molecule has 0 aliphatic carbocycles. The normalized spacial score (nSPS) is 19.2. The van der Waals surface area contributed by atoms with Crippen molar-refractivity contribution < 1.29 is 13.2 Å².